The van der Waals surface area contributed by atoms with Gasteiger partial charge < -0.3 is 20.1 Å². The predicted molar refractivity (Wildman–Crippen MR) is 87.1 cm³/mol. The van der Waals surface area contributed by atoms with E-state index in [-0.39, 0.29) is 18.1 Å². The molecule has 1 aliphatic rings. The number of aliphatic hydroxyl groups is 1. The van der Waals surface area contributed by atoms with Crippen LogP contribution in [0.2, 0.25) is 0 Å². The van der Waals surface area contributed by atoms with Gasteiger partial charge in [0.15, 0.2) is 0 Å². The lowest BCUT2D eigenvalue weighted by Gasteiger charge is -2.28. The Labute approximate surface area is 132 Å². The fourth-order valence-electron chi connectivity index (χ4n) is 2.56. The first-order chi connectivity index (χ1) is 10.5. The lowest BCUT2D eigenvalue weighted by molar-refractivity contribution is -0.116. The molecule has 2 atom stereocenters. The summed E-state index contributed by atoms with van der Waals surface area (Å²) < 4.78 is 5.84. The molecule has 0 saturated heterocycles. The Morgan fingerprint density at radius 2 is 1.95 bits per heavy atom. The molecular weight excluding hydrogens is 280 g/mol. The Bertz CT molecular complexity index is 473. The van der Waals surface area contributed by atoms with Crippen LogP contribution in [0.15, 0.2) is 24.3 Å². The minimum absolute atomic E-state index is 0.00470. The first-order valence-corrected chi connectivity index (χ1v) is 7.94. The zero-order valence-corrected chi connectivity index (χ0v) is 13.4. The zero-order valence-electron chi connectivity index (χ0n) is 13.4. The Morgan fingerprint density at radius 3 is 2.59 bits per heavy atom. The van der Waals surface area contributed by atoms with Gasteiger partial charge in [0.25, 0.3) is 0 Å². The van der Waals surface area contributed by atoms with Crippen LogP contribution in [-0.4, -0.2) is 48.8 Å². The summed E-state index contributed by atoms with van der Waals surface area (Å²) in [6.07, 6.45) is 3.85. The quantitative estimate of drug-likeness (QED) is 0.846. The molecule has 2 unspecified atom stereocenters. The smallest absolute Gasteiger partial charge is 0.225 e. The molecule has 22 heavy (non-hydrogen) atoms. The molecule has 0 heterocycles. The lowest BCUT2D eigenvalue weighted by Crippen LogP contribution is -2.34. The van der Waals surface area contributed by atoms with Gasteiger partial charge in [0.2, 0.25) is 5.91 Å². The standard InChI is InChI=1S/C17H26N2O3/c1-19(2)12-11-17(21)18-13-7-9-14(10-8-13)22-16-6-4-3-5-15(16)20/h7-10,15-16,20H,3-6,11-12H2,1-2H3,(H,18,21). The third kappa shape index (κ3) is 5.31. The van der Waals surface area contributed by atoms with Crippen LogP contribution in [-0.2, 0) is 4.79 Å². The number of amides is 1. The maximum Gasteiger partial charge on any atom is 0.225 e. The molecular formula is C17H26N2O3. The lowest BCUT2D eigenvalue weighted by atomic mass is 9.95. The number of nitrogens with one attached hydrogen (secondary N) is 1. The van der Waals surface area contributed by atoms with Crippen molar-refractivity contribution in [2.45, 2.75) is 44.3 Å². The summed E-state index contributed by atoms with van der Waals surface area (Å²) in [7, 11) is 3.89. The molecule has 1 aliphatic carbocycles. The highest BCUT2D eigenvalue weighted by molar-refractivity contribution is 5.90. The molecule has 1 aromatic carbocycles. The summed E-state index contributed by atoms with van der Waals surface area (Å²) in [5.41, 5.74) is 0.764. The third-order valence-corrected chi connectivity index (χ3v) is 3.88. The van der Waals surface area contributed by atoms with Crippen molar-refractivity contribution in [2.24, 2.45) is 0 Å². The van der Waals surface area contributed by atoms with Crippen molar-refractivity contribution in [2.75, 3.05) is 26.0 Å². The molecule has 1 fully saturated rings. The van der Waals surface area contributed by atoms with E-state index in [0.717, 1.165) is 43.7 Å². The van der Waals surface area contributed by atoms with Crippen molar-refractivity contribution < 1.29 is 14.6 Å². The van der Waals surface area contributed by atoms with E-state index in [9.17, 15) is 9.90 Å². The monoisotopic (exact) mass is 306 g/mol. The maximum atomic E-state index is 11.8. The summed E-state index contributed by atoms with van der Waals surface area (Å²) in [5, 5.41) is 12.8. The number of benzene rings is 1. The third-order valence-electron chi connectivity index (χ3n) is 3.88. The van der Waals surface area contributed by atoms with Gasteiger partial charge in [-0.1, -0.05) is 6.42 Å². The van der Waals surface area contributed by atoms with Gasteiger partial charge in [-0.3, -0.25) is 4.79 Å². The number of nitrogens with zero attached hydrogens (tertiary/aromatic N) is 1. The largest absolute Gasteiger partial charge is 0.488 e. The van der Waals surface area contributed by atoms with Crippen molar-refractivity contribution in [3.63, 3.8) is 0 Å². The van der Waals surface area contributed by atoms with E-state index >= 15 is 0 Å². The topological polar surface area (TPSA) is 61.8 Å². The molecule has 0 spiro atoms. The summed E-state index contributed by atoms with van der Waals surface area (Å²) in [4.78, 5) is 13.7. The Morgan fingerprint density at radius 1 is 1.27 bits per heavy atom. The van der Waals surface area contributed by atoms with E-state index in [2.05, 4.69) is 5.32 Å². The average Bonchev–Trinajstić information content (AvgIpc) is 2.49. The van der Waals surface area contributed by atoms with Gasteiger partial charge in [-0.2, -0.15) is 0 Å². The molecule has 0 aromatic heterocycles. The van der Waals surface area contributed by atoms with Crippen LogP contribution in [0.3, 0.4) is 0 Å². The van der Waals surface area contributed by atoms with Crippen molar-refractivity contribution in [3.05, 3.63) is 24.3 Å². The molecule has 1 saturated carbocycles. The minimum Gasteiger partial charge on any atom is -0.488 e. The second kappa shape index (κ2) is 8.15. The maximum absolute atomic E-state index is 11.8. The summed E-state index contributed by atoms with van der Waals surface area (Å²) >= 11 is 0. The number of hydrogen-bond donors (Lipinski definition) is 2. The highest BCUT2D eigenvalue weighted by atomic mass is 16.5. The van der Waals surface area contributed by atoms with Gasteiger partial charge in [-0.25, -0.2) is 0 Å². The molecule has 0 aliphatic heterocycles. The molecule has 1 amide bonds. The fraction of sp³-hybridized carbons (Fsp3) is 0.588. The van der Waals surface area contributed by atoms with Crippen molar-refractivity contribution >= 4 is 11.6 Å². The number of rotatable bonds is 6. The molecule has 5 heteroatoms. The van der Waals surface area contributed by atoms with Gasteiger partial charge in [0, 0.05) is 18.7 Å². The minimum atomic E-state index is -0.376. The van der Waals surface area contributed by atoms with Crippen molar-refractivity contribution in [1.29, 1.82) is 0 Å². The predicted octanol–water partition coefficient (Wildman–Crippen LogP) is 2.26. The van der Waals surface area contributed by atoms with E-state index in [1.165, 1.54) is 0 Å². The summed E-state index contributed by atoms with van der Waals surface area (Å²) in [6, 6.07) is 7.34. The van der Waals surface area contributed by atoms with E-state index < -0.39 is 0 Å². The van der Waals surface area contributed by atoms with E-state index in [1.807, 2.05) is 43.3 Å². The number of anilines is 1. The first kappa shape index (κ1) is 16.8. The van der Waals surface area contributed by atoms with Gasteiger partial charge in [0.1, 0.15) is 11.9 Å². The van der Waals surface area contributed by atoms with E-state index in [4.69, 9.17) is 4.74 Å². The Balaban J connectivity index is 1.83. The highest BCUT2D eigenvalue weighted by Crippen LogP contribution is 2.24. The van der Waals surface area contributed by atoms with Gasteiger partial charge >= 0.3 is 0 Å². The summed E-state index contributed by atoms with van der Waals surface area (Å²) in [5.74, 6) is 0.738. The van der Waals surface area contributed by atoms with E-state index in [1.54, 1.807) is 0 Å². The molecule has 122 valence electrons. The molecule has 5 nitrogen and oxygen atoms in total. The fourth-order valence-corrected chi connectivity index (χ4v) is 2.56. The number of hydrogen-bond acceptors (Lipinski definition) is 4. The first-order valence-electron chi connectivity index (χ1n) is 7.94. The number of carbonyl (C=O) groups is 1. The Hall–Kier alpha value is -1.59. The molecule has 2 rings (SSSR count). The van der Waals surface area contributed by atoms with Crippen LogP contribution in [0.4, 0.5) is 5.69 Å². The van der Waals surface area contributed by atoms with Crippen LogP contribution in [0.1, 0.15) is 32.1 Å². The number of aliphatic hydroxyl groups excluding tert-OH is 1. The van der Waals surface area contributed by atoms with Crippen LogP contribution < -0.4 is 10.1 Å². The van der Waals surface area contributed by atoms with Crippen molar-refractivity contribution in [3.8, 4) is 5.75 Å². The van der Waals surface area contributed by atoms with Crippen LogP contribution >= 0.6 is 0 Å². The van der Waals surface area contributed by atoms with E-state index in [0.29, 0.717) is 6.42 Å². The second-order valence-electron chi connectivity index (χ2n) is 6.13. The normalized spacial score (nSPS) is 21.6. The zero-order chi connectivity index (χ0) is 15.9. The molecule has 0 bridgehead atoms. The van der Waals surface area contributed by atoms with Gasteiger partial charge in [-0.15, -0.1) is 0 Å². The van der Waals surface area contributed by atoms with Crippen LogP contribution in [0.5, 0.6) is 5.75 Å². The number of ether oxygens (including phenoxy) is 1. The van der Waals surface area contributed by atoms with Crippen LogP contribution in [0.25, 0.3) is 0 Å². The Kier molecular flexibility index (Phi) is 6.21. The molecule has 2 N–H and O–H groups in total. The van der Waals surface area contributed by atoms with Gasteiger partial charge in [0.05, 0.1) is 6.10 Å². The number of carbonyl (C=O) groups excluding carboxylic acids is 1. The highest BCUT2D eigenvalue weighted by Gasteiger charge is 2.24. The summed E-state index contributed by atoms with van der Waals surface area (Å²) in [6.45, 7) is 0.729. The molecule has 1 aromatic rings. The second-order valence-corrected chi connectivity index (χ2v) is 6.13. The average molecular weight is 306 g/mol. The SMILES string of the molecule is CN(C)CCC(=O)Nc1ccc(OC2CCCCC2O)cc1. The molecule has 0 radical (unpaired) electrons. The van der Waals surface area contributed by atoms with Crippen molar-refractivity contribution in [1.82, 2.24) is 4.90 Å². The van der Waals surface area contributed by atoms with Gasteiger partial charge in [-0.05, 0) is 57.6 Å². The van der Waals surface area contributed by atoms with Crippen LogP contribution in [0, 0.1) is 0 Å².